The maximum Gasteiger partial charge on any atom is 0.307 e. The Hall–Kier alpha value is -3.71. The maximum absolute atomic E-state index is 12.9. The van der Waals surface area contributed by atoms with Gasteiger partial charge in [0.05, 0.1) is 11.0 Å². The molecule has 1 aliphatic carbocycles. The fraction of sp³-hybridized carbons (Fsp3) is 0.360. The quantitative estimate of drug-likeness (QED) is 0.489. The number of benzene rings is 2. The van der Waals surface area contributed by atoms with Crippen LogP contribution in [0.1, 0.15) is 43.8 Å². The number of sulfone groups is 1. The summed E-state index contributed by atoms with van der Waals surface area (Å²) in [6.45, 7) is 3.88. The van der Waals surface area contributed by atoms with E-state index in [1.165, 1.54) is 12.1 Å². The number of carbonyl (C=O) groups excluding carboxylic acids is 2. The van der Waals surface area contributed by atoms with Crippen molar-refractivity contribution < 1.29 is 22.4 Å². The zero-order valence-corrected chi connectivity index (χ0v) is 20.5. The topological polar surface area (TPSA) is 142 Å². The molecule has 2 amide bonds. The summed E-state index contributed by atoms with van der Waals surface area (Å²) in [6.07, 6.45) is 2.75. The Bertz CT molecular complexity index is 1430. The first-order valence-corrected chi connectivity index (χ1v) is 13.1. The third-order valence-corrected chi connectivity index (χ3v) is 6.98. The van der Waals surface area contributed by atoms with Gasteiger partial charge >= 0.3 is 5.91 Å². The second-order valence-corrected chi connectivity index (χ2v) is 11.4. The number of hydrogen-bond donors (Lipinski definition) is 2. The van der Waals surface area contributed by atoms with E-state index >= 15 is 0 Å². The van der Waals surface area contributed by atoms with E-state index < -0.39 is 33.2 Å². The summed E-state index contributed by atoms with van der Waals surface area (Å²) in [6, 6.07) is 13.0. The van der Waals surface area contributed by atoms with Crippen molar-refractivity contribution in [2.75, 3.05) is 6.26 Å². The lowest BCUT2D eigenvalue weighted by Crippen LogP contribution is -2.50. The number of oxazole rings is 1. The smallest absolute Gasteiger partial charge is 0.307 e. The van der Waals surface area contributed by atoms with E-state index in [2.05, 4.69) is 21.7 Å². The van der Waals surface area contributed by atoms with Crippen molar-refractivity contribution >= 4 is 32.8 Å². The molecule has 0 radical (unpaired) electrons. The van der Waals surface area contributed by atoms with E-state index in [0.717, 1.165) is 17.4 Å². The fourth-order valence-electron chi connectivity index (χ4n) is 3.73. The Kier molecular flexibility index (Phi) is 6.38. The molecule has 1 aromatic heterocycles. The SMILES string of the molecule is CC(C)CC(NC(=O)c1nc2ccc(-c3ccc(S(C)(=O)=O)cc3)cc2o1)C(=O)NC1(C#N)CC1. The lowest BCUT2D eigenvalue weighted by Gasteiger charge is -2.21. The lowest BCUT2D eigenvalue weighted by molar-refractivity contribution is -0.123. The van der Waals surface area contributed by atoms with Gasteiger partial charge in [-0.15, -0.1) is 0 Å². The summed E-state index contributed by atoms with van der Waals surface area (Å²) in [5.41, 5.74) is 1.57. The molecule has 9 nitrogen and oxygen atoms in total. The molecule has 1 saturated carbocycles. The Morgan fingerprint density at radius 2 is 1.80 bits per heavy atom. The van der Waals surface area contributed by atoms with E-state index in [9.17, 15) is 23.3 Å². The Labute approximate surface area is 203 Å². The normalized spacial score (nSPS) is 15.4. The molecule has 35 heavy (non-hydrogen) atoms. The average Bonchev–Trinajstić information content (AvgIpc) is 3.44. The predicted molar refractivity (Wildman–Crippen MR) is 129 cm³/mol. The van der Waals surface area contributed by atoms with Crippen LogP contribution in [0.2, 0.25) is 0 Å². The van der Waals surface area contributed by atoms with Gasteiger partial charge in [-0.1, -0.05) is 32.0 Å². The van der Waals surface area contributed by atoms with Crippen LogP contribution in [0.25, 0.3) is 22.2 Å². The van der Waals surface area contributed by atoms with Crippen LogP contribution in [0.3, 0.4) is 0 Å². The van der Waals surface area contributed by atoms with Gasteiger partial charge in [-0.25, -0.2) is 13.4 Å². The molecule has 1 fully saturated rings. The molecule has 1 aliphatic rings. The lowest BCUT2D eigenvalue weighted by atomic mass is 10.0. The third-order valence-electron chi connectivity index (χ3n) is 5.85. The number of fused-ring (bicyclic) bond motifs is 1. The van der Waals surface area contributed by atoms with Crippen LogP contribution in [0.4, 0.5) is 0 Å². The number of amides is 2. The van der Waals surface area contributed by atoms with Gasteiger partial charge in [-0.05, 0) is 60.6 Å². The van der Waals surface area contributed by atoms with Gasteiger partial charge < -0.3 is 15.1 Å². The van der Waals surface area contributed by atoms with E-state index in [1.54, 1.807) is 30.3 Å². The van der Waals surface area contributed by atoms with Crippen LogP contribution in [-0.2, 0) is 14.6 Å². The van der Waals surface area contributed by atoms with Gasteiger partial charge in [-0.2, -0.15) is 5.26 Å². The summed E-state index contributed by atoms with van der Waals surface area (Å²) in [4.78, 5) is 30.1. The highest BCUT2D eigenvalue weighted by Crippen LogP contribution is 2.34. The molecule has 4 rings (SSSR count). The van der Waals surface area contributed by atoms with Crippen molar-refractivity contribution in [1.82, 2.24) is 15.6 Å². The molecule has 1 unspecified atom stereocenters. The standard InChI is InChI=1S/C25H26N4O5S/c1-15(2)12-20(22(30)29-25(14-26)10-11-25)27-23(31)24-28-19-9-6-17(13-21(19)34-24)16-4-7-18(8-5-16)35(3,32)33/h4-9,13,15,20H,10-12H2,1-3H3,(H,27,31)(H,29,30). The predicted octanol–water partition coefficient (Wildman–Crippen LogP) is 3.22. The molecule has 2 N–H and O–H groups in total. The molecule has 182 valence electrons. The van der Waals surface area contributed by atoms with Crippen LogP contribution in [0, 0.1) is 17.2 Å². The Balaban J connectivity index is 1.53. The molecule has 3 aromatic rings. The summed E-state index contributed by atoms with van der Waals surface area (Å²) in [5.74, 6) is -1.07. The number of aromatic nitrogens is 1. The van der Waals surface area contributed by atoms with Crippen molar-refractivity contribution in [2.24, 2.45) is 5.92 Å². The minimum atomic E-state index is -3.29. The number of hydrogen-bond acceptors (Lipinski definition) is 7. The molecular formula is C25H26N4O5S. The summed E-state index contributed by atoms with van der Waals surface area (Å²) >= 11 is 0. The van der Waals surface area contributed by atoms with E-state index in [4.69, 9.17) is 4.42 Å². The molecule has 0 aliphatic heterocycles. The van der Waals surface area contributed by atoms with Crippen LogP contribution >= 0.6 is 0 Å². The summed E-state index contributed by atoms with van der Waals surface area (Å²) < 4.78 is 29.1. The number of nitrogens with zero attached hydrogens (tertiary/aromatic N) is 2. The van der Waals surface area contributed by atoms with Crippen LogP contribution in [0.5, 0.6) is 0 Å². The van der Waals surface area contributed by atoms with Gasteiger partial charge in [0, 0.05) is 6.26 Å². The van der Waals surface area contributed by atoms with Crippen molar-refractivity contribution in [2.45, 2.75) is 49.6 Å². The van der Waals surface area contributed by atoms with Gasteiger partial charge in [-0.3, -0.25) is 9.59 Å². The minimum absolute atomic E-state index is 0.128. The third kappa shape index (κ3) is 5.52. The molecule has 1 atom stereocenters. The van der Waals surface area contributed by atoms with E-state index in [-0.39, 0.29) is 16.7 Å². The summed E-state index contributed by atoms with van der Waals surface area (Å²) in [7, 11) is -3.29. The zero-order chi connectivity index (χ0) is 25.4. The molecule has 0 bridgehead atoms. The minimum Gasteiger partial charge on any atom is -0.432 e. The van der Waals surface area contributed by atoms with Gasteiger partial charge in [0.2, 0.25) is 5.91 Å². The van der Waals surface area contributed by atoms with Crippen molar-refractivity contribution in [3.8, 4) is 17.2 Å². The van der Waals surface area contributed by atoms with Gasteiger partial charge in [0.1, 0.15) is 17.1 Å². The van der Waals surface area contributed by atoms with Crippen molar-refractivity contribution in [1.29, 1.82) is 5.26 Å². The molecule has 2 aromatic carbocycles. The average molecular weight is 495 g/mol. The number of nitriles is 1. The molecule has 10 heteroatoms. The second kappa shape index (κ2) is 9.15. The number of rotatable bonds is 8. The maximum atomic E-state index is 12.9. The van der Waals surface area contributed by atoms with Crippen LogP contribution in [0.15, 0.2) is 51.8 Å². The van der Waals surface area contributed by atoms with E-state index in [1.807, 2.05) is 13.8 Å². The zero-order valence-electron chi connectivity index (χ0n) is 19.7. The molecule has 0 spiro atoms. The van der Waals surface area contributed by atoms with E-state index in [0.29, 0.717) is 30.4 Å². The molecular weight excluding hydrogens is 468 g/mol. The number of nitrogens with one attached hydrogen (secondary N) is 2. The second-order valence-electron chi connectivity index (χ2n) is 9.34. The first kappa shape index (κ1) is 24.4. The Morgan fingerprint density at radius 3 is 2.37 bits per heavy atom. The van der Waals surface area contributed by atoms with Gasteiger partial charge in [0.15, 0.2) is 15.4 Å². The largest absolute Gasteiger partial charge is 0.432 e. The molecule has 0 saturated heterocycles. The van der Waals surface area contributed by atoms with Gasteiger partial charge in [0.25, 0.3) is 5.89 Å². The Morgan fingerprint density at radius 1 is 1.14 bits per heavy atom. The monoisotopic (exact) mass is 494 g/mol. The highest BCUT2D eigenvalue weighted by atomic mass is 32.2. The van der Waals surface area contributed by atoms with Crippen LogP contribution < -0.4 is 10.6 Å². The van der Waals surface area contributed by atoms with Crippen LogP contribution in [-0.4, -0.2) is 43.1 Å². The highest BCUT2D eigenvalue weighted by Gasteiger charge is 2.45. The van der Waals surface area contributed by atoms with Crippen molar-refractivity contribution in [3.63, 3.8) is 0 Å². The van der Waals surface area contributed by atoms with Crippen molar-refractivity contribution in [3.05, 3.63) is 48.4 Å². The first-order chi connectivity index (χ1) is 16.5. The first-order valence-electron chi connectivity index (χ1n) is 11.2. The molecule has 1 heterocycles. The highest BCUT2D eigenvalue weighted by molar-refractivity contribution is 7.90. The number of carbonyl (C=O) groups is 2. The fourth-order valence-corrected chi connectivity index (χ4v) is 4.36. The summed E-state index contributed by atoms with van der Waals surface area (Å²) in [5, 5.41) is 14.7.